The van der Waals surface area contributed by atoms with Crippen molar-refractivity contribution in [2.24, 2.45) is 0 Å². The zero-order valence-corrected chi connectivity index (χ0v) is 13.7. The molecule has 136 valence electrons. The van der Waals surface area contributed by atoms with Crippen molar-refractivity contribution in [2.45, 2.75) is 19.6 Å². The summed E-state index contributed by atoms with van der Waals surface area (Å²) in [5.41, 5.74) is -0.0704. The molecule has 1 amide bonds. The number of Topliss-reactive ketones (excluding diaryl/α,β-unsaturated/α-hetero) is 1. The minimum absolute atomic E-state index is 0.00430. The summed E-state index contributed by atoms with van der Waals surface area (Å²) in [4.78, 5) is 36.0. The van der Waals surface area contributed by atoms with Gasteiger partial charge in [-0.2, -0.15) is 8.78 Å². The van der Waals surface area contributed by atoms with Crippen LogP contribution in [0.2, 0.25) is 0 Å². The molecule has 9 heteroatoms. The molecule has 3 rings (SSSR count). The van der Waals surface area contributed by atoms with Crippen molar-refractivity contribution >= 4 is 23.3 Å². The summed E-state index contributed by atoms with van der Waals surface area (Å²) < 4.78 is 42.3. The molecule has 1 aromatic carbocycles. The lowest BCUT2D eigenvalue weighted by atomic mass is 10.1. The molecular weight excluding hydrogens is 352 g/mol. The largest absolute Gasteiger partial charge is 0.483 e. The molecule has 0 atom stereocenters. The lowest BCUT2D eigenvalue weighted by Gasteiger charge is -2.33. The quantitative estimate of drug-likeness (QED) is 0.612. The zero-order chi connectivity index (χ0) is 19.1. The van der Waals surface area contributed by atoms with Crippen molar-refractivity contribution < 1.29 is 37.1 Å². The number of carbonyl (C=O) groups is 3. The fourth-order valence-corrected chi connectivity index (χ4v) is 2.55. The van der Waals surface area contributed by atoms with Crippen LogP contribution in [0.3, 0.4) is 0 Å². The van der Waals surface area contributed by atoms with Gasteiger partial charge in [-0.25, -0.2) is 4.79 Å². The smallest absolute Gasteiger partial charge is 0.463 e. The molecule has 2 aromatic rings. The topological polar surface area (TPSA) is 86.0 Å². The number of amides is 1. The van der Waals surface area contributed by atoms with Crippen molar-refractivity contribution in [3.05, 3.63) is 47.4 Å². The van der Waals surface area contributed by atoms with Gasteiger partial charge in [-0.05, 0) is 31.2 Å². The maximum atomic E-state index is 14.0. The van der Waals surface area contributed by atoms with Crippen LogP contribution in [-0.2, 0) is 16.1 Å². The Labute approximate surface area is 146 Å². The molecule has 26 heavy (non-hydrogen) atoms. The molecule has 0 N–H and O–H groups in total. The van der Waals surface area contributed by atoms with Crippen molar-refractivity contribution in [1.82, 2.24) is 0 Å². The summed E-state index contributed by atoms with van der Waals surface area (Å²) in [6.07, 6.45) is -4.14. The summed E-state index contributed by atoms with van der Waals surface area (Å²) in [5, 5.41) is 0. The average Bonchev–Trinajstić information content (AvgIpc) is 3.06. The van der Waals surface area contributed by atoms with Crippen LogP contribution in [0, 0.1) is 0 Å². The first kappa shape index (κ1) is 17.6. The van der Waals surface area contributed by atoms with Crippen LogP contribution in [-0.4, -0.2) is 30.9 Å². The normalized spacial score (nSPS) is 15.2. The van der Waals surface area contributed by atoms with E-state index in [0.29, 0.717) is 0 Å². The number of hydrogen-bond acceptors (Lipinski definition) is 6. The number of methoxy groups -OCH3 is 1. The lowest BCUT2D eigenvalue weighted by molar-refractivity contribution is -0.193. The maximum absolute atomic E-state index is 14.0. The van der Waals surface area contributed by atoms with Crippen molar-refractivity contribution in [3.63, 3.8) is 0 Å². The Balaban J connectivity index is 2.03. The van der Waals surface area contributed by atoms with Crippen LogP contribution in [0.4, 0.5) is 14.5 Å². The number of hydrogen-bond donors (Lipinski definition) is 0. The number of nitrogens with zero attached hydrogens (tertiary/aromatic N) is 1. The van der Waals surface area contributed by atoms with Crippen LogP contribution in [0.1, 0.15) is 33.6 Å². The number of rotatable bonds is 4. The van der Waals surface area contributed by atoms with Crippen LogP contribution in [0.15, 0.2) is 34.7 Å². The van der Waals surface area contributed by atoms with Gasteiger partial charge < -0.3 is 13.9 Å². The summed E-state index contributed by atoms with van der Waals surface area (Å²) in [5.74, 6) is -3.28. The Morgan fingerprint density at radius 2 is 1.96 bits per heavy atom. The van der Waals surface area contributed by atoms with Crippen molar-refractivity contribution in [1.29, 1.82) is 0 Å². The molecule has 7 nitrogen and oxygen atoms in total. The fraction of sp³-hybridized carbons (Fsp3) is 0.235. The van der Waals surface area contributed by atoms with Gasteiger partial charge in [0.1, 0.15) is 5.76 Å². The van der Waals surface area contributed by atoms with E-state index in [1.54, 1.807) is 0 Å². The van der Waals surface area contributed by atoms with Gasteiger partial charge in [-0.3, -0.25) is 14.5 Å². The van der Waals surface area contributed by atoms with E-state index >= 15 is 0 Å². The molecule has 0 saturated carbocycles. The van der Waals surface area contributed by atoms with Gasteiger partial charge in [0.2, 0.25) is 5.76 Å². The minimum atomic E-state index is -4.14. The first-order valence-electron chi connectivity index (χ1n) is 7.44. The molecule has 0 bridgehead atoms. The third-order valence-corrected chi connectivity index (χ3v) is 3.75. The third kappa shape index (κ3) is 2.92. The fourth-order valence-electron chi connectivity index (χ4n) is 2.55. The van der Waals surface area contributed by atoms with Gasteiger partial charge >= 0.3 is 18.0 Å². The van der Waals surface area contributed by atoms with Crippen molar-refractivity contribution in [2.75, 3.05) is 12.0 Å². The molecule has 2 heterocycles. The standard InChI is InChI=1S/C17H13F2NO6/c1-9(21)11-4-3-5-12-14(11)26-17(18,19)16(23)20(12)8-10-6-7-13(25-10)15(22)24-2/h3-7H,8H2,1-2H3. The molecule has 0 saturated heterocycles. The Hall–Kier alpha value is -3.23. The number of alkyl halides is 2. The van der Waals surface area contributed by atoms with Crippen LogP contribution < -0.4 is 9.64 Å². The summed E-state index contributed by atoms with van der Waals surface area (Å²) in [7, 11) is 1.16. The molecule has 0 radical (unpaired) electrons. The molecule has 1 aromatic heterocycles. The molecule has 0 fully saturated rings. The molecule has 1 aliphatic rings. The van der Waals surface area contributed by atoms with Gasteiger partial charge in [0.15, 0.2) is 11.5 Å². The van der Waals surface area contributed by atoms with Gasteiger partial charge in [0.25, 0.3) is 0 Å². The molecular formula is C17H13F2NO6. The molecule has 0 unspecified atom stereocenters. The SMILES string of the molecule is COC(=O)c1ccc(CN2C(=O)C(F)(F)Oc3c(C(C)=O)cccc32)o1. The van der Waals surface area contributed by atoms with Crippen LogP contribution in [0.25, 0.3) is 0 Å². The minimum Gasteiger partial charge on any atom is -0.463 e. The average molecular weight is 365 g/mol. The Morgan fingerprint density at radius 1 is 1.23 bits per heavy atom. The number of esters is 1. The van der Waals surface area contributed by atoms with Crippen molar-refractivity contribution in [3.8, 4) is 5.75 Å². The Kier molecular flexibility index (Phi) is 4.23. The van der Waals surface area contributed by atoms with E-state index in [1.807, 2.05) is 0 Å². The number of furan rings is 1. The molecule has 1 aliphatic heterocycles. The van der Waals surface area contributed by atoms with Gasteiger partial charge in [0, 0.05) is 0 Å². The zero-order valence-electron chi connectivity index (χ0n) is 13.7. The number of benzene rings is 1. The third-order valence-electron chi connectivity index (χ3n) is 3.75. The number of fused-ring (bicyclic) bond motifs is 1. The van der Waals surface area contributed by atoms with E-state index in [9.17, 15) is 23.2 Å². The lowest BCUT2D eigenvalue weighted by Crippen LogP contribution is -2.50. The van der Waals surface area contributed by atoms with E-state index in [4.69, 9.17) is 4.42 Å². The highest BCUT2D eigenvalue weighted by Gasteiger charge is 2.51. The molecule has 0 spiro atoms. The number of carbonyl (C=O) groups excluding carboxylic acids is 3. The van der Waals surface area contributed by atoms with E-state index in [2.05, 4.69) is 9.47 Å². The first-order chi connectivity index (χ1) is 12.2. The second-order valence-electron chi connectivity index (χ2n) is 5.48. The Bertz CT molecular complexity index is 904. The predicted molar refractivity (Wildman–Crippen MR) is 83.3 cm³/mol. The second-order valence-corrected chi connectivity index (χ2v) is 5.48. The maximum Gasteiger partial charge on any atom is 0.483 e. The summed E-state index contributed by atoms with van der Waals surface area (Å²) >= 11 is 0. The van der Waals surface area contributed by atoms with E-state index in [0.717, 1.165) is 12.0 Å². The highest BCUT2D eigenvalue weighted by Crippen LogP contribution is 2.42. The van der Waals surface area contributed by atoms with Gasteiger partial charge in [-0.1, -0.05) is 6.07 Å². The summed E-state index contributed by atoms with van der Waals surface area (Å²) in [6.45, 7) is 0.816. The number of ketones is 1. The highest BCUT2D eigenvalue weighted by molar-refractivity contribution is 6.05. The van der Waals surface area contributed by atoms with Gasteiger partial charge in [0.05, 0.1) is 24.9 Å². The first-order valence-corrected chi connectivity index (χ1v) is 7.44. The molecule has 0 aliphatic carbocycles. The Morgan fingerprint density at radius 3 is 2.62 bits per heavy atom. The van der Waals surface area contributed by atoms with E-state index in [-0.39, 0.29) is 35.1 Å². The van der Waals surface area contributed by atoms with Crippen LogP contribution in [0.5, 0.6) is 5.75 Å². The monoisotopic (exact) mass is 365 g/mol. The number of anilines is 1. The predicted octanol–water partition coefficient (Wildman–Crippen LogP) is 2.79. The van der Waals surface area contributed by atoms with Crippen LogP contribution >= 0.6 is 0 Å². The number of ether oxygens (including phenoxy) is 2. The van der Waals surface area contributed by atoms with E-state index in [1.165, 1.54) is 37.3 Å². The second kappa shape index (κ2) is 6.25. The summed E-state index contributed by atoms with van der Waals surface area (Å²) in [6, 6.07) is 6.82. The van der Waals surface area contributed by atoms with E-state index < -0.39 is 23.8 Å². The number of para-hydroxylation sites is 1. The number of halogens is 2. The highest BCUT2D eigenvalue weighted by atomic mass is 19.3. The van der Waals surface area contributed by atoms with Gasteiger partial charge in [-0.15, -0.1) is 0 Å².